The molecule has 1 atom stereocenters. The van der Waals surface area contributed by atoms with Crippen LogP contribution >= 0.6 is 15.9 Å². The van der Waals surface area contributed by atoms with Gasteiger partial charge in [-0.05, 0) is 28.4 Å². The molecule has 0 saturated carbocycles. The minimum Gasteiger partial charge on any atom is -0.495 e. The molecule has 0 radical (unpaired) electrons. The summed E-state index contributed by atoms with van der Waals surface area (Å²) < 4.78 is 11.4. The number of hydrogen-bond acceptors (Lipinski definition) is 4. The molecule has 6 heteroatoms. The minimum atomic E-state index is -0.195. The number of halogens is 1. The first-order valence-corrected chi connectivity index (χ1v) is 6.79. The van der Waals surface area contributed by atoms with Gasteiger partial charge >= 0.3 is 0 Å². The molecule has 0 aromatic heterocycles. The standard InChI is InChI=1S/C13H17BrN2O3/c1-16-5-4-9(13(16)17)15-10-6-8(14)11(18-2)7-12(10)19-3/h6-7,9,15H,4-5H2,1-3H3. The lowest BCUT2D eigenvalue weighted by Crippen LogP contribution is -2.31. The first-order valence-electron chi connectivity index (χ1n) is 6.00. The second kappa shape index (κ2) is 5.69. The molecule has 19 heavy (non-hydrogen) atoms. The van der Waals surface area contributed by atoms with Crippen LogP contribution in [0.5, 0.6) is 11.5 Å². The van der Waals surface area contributed by atoms with E-state index in [0.29, 0.717) is 11.5 Å². The highest BCUT2D eigenvalue weighted by molar-refractivity contribution is 9.10. The van der Waals surface area contributed by atoms with Crippen LogP contribution in [0.2, 0.25) is 0 Å². The first-order chi connectivity index (χ1) is 9.06. The molecule has 1 aliphatic rings. The Labute approximate surface area is 121 Å². The lowest BCUT2D eigenvalue weighted by atomic mass is 10.2. The summed E-state index contributed by atoms with van der Waals surface area (Å²) in [6, 6.07) is 3.46. The fraction of sp³-hybridized carbons (Fsp3) is 0.462. The van der Waals surface area contributed by atoms with E-state index in [1.165, 1.54) is 0 Å². The molecule has 1 unspecified atom stereocenters. The van der Waals surface area contributed by atoms with Gasteiger partial charge in [0.15, 0.2) is 0 Å². The van der Waals surface area contributed by atoms with Gasteiger partial charge in [-0.15, -0.1) is 0 Å². The van der Waals surface area contributed by atoms with Crippen LogP contribution in [0.4, 0.5) is 5.69 Å². The molecule has 5 nitrogen and oxygen atoms in total. The van der Waals surface area contributed by atoms with Gasteiger partial charge in [0.05, 0.1) is 24.4 Å². The lowest BCUT2D eigenvalue weighted by molar-refractivity contribution is -0.127. The smallest absolute Gasteiger partial charge is 0.244 e. The van der Waals surface area contributed by atoms with E-state index < -0.39 is 0 Å². The molecule has 1 fully saturated rings. The number of ether oxygens (including phenoxy) is 2. The van der Waals surface area contributed by atoms with Crippen molar-refractivity contribution in [3.63, 3.8) is 0 Å². The van der Waals surface area contributed by atoms with Crippen molar-refractivity contribution >= 4 is 27.5 Å². The van der Waals surface area contributed by atoms with Crippen molar-refractivity contribution < 1.29 is 14.3 Å². The van der Waals surface area contributed by atoms with Gasteiger partial charge in [0.1, 0.15) is 17.5 Å². The zero-order valence-corrected chi connectivity index (χ0v) is 12.8. The van der Waals surface area contributed by atoms with Crippen molar-refractivity contribution in [2.24, 2.45) is 0 Å². The molecule has 0 aliphatic carbocycles. The van der Waals surface area contributed by atoms with Gasteiger partial charge in [-0.25, -0.2) is 0 Å². The molecule has 1 saturated heterocycles. The zero-order chi connectivity index (χ0) is 14.0. The van der Waals surface area contributed by atoms with Crippen LogP contribution in [-0.2, 0) is 4.79 Å². The van der Waals surface area contributed by atoms with E-state index in [1.807, 2.05) is 13.1 Å². The van der Waals surface area contributed by atoms with E-state index in [0.717, 1.165) is 23.1 Å². The maximum Gasteiger partial charge on any atom is 0.244 e. The third-order valence-electron chi connectivity index (χ3n) is 3.23. The Morgan fingerprint density at radius 3 is 2.53 bits per heavy atom. The molecule has 1 aromatic rings. The number of amides is 1. The van der Waals surface area contributed by atoms with Gasteiger partial charge in [-0.2, -0.15) is 0 Å². The van der Waals surface area contributed by atoms with E-state index in [-0.39, 0.29) is 11.9 Å². The quantitative estimate of drug-likeness (QED) is 0.919. The number of anilines is 1. The highest BCUT2D eigenvalue weighted by atomic mass is 79.9. The number of hydrogen-bond donors (Lipinski definition) is 1. The number of rotatable bonds is 4. The summed E-state index contributed by atoms with van der Waals surface area (Å²) in [5, 5.41) is 3.23. The van der Waals surface area contributed by atoms with Gasteiger partial charge in [0.25, 0.3) is 0 Å². The molecular weight excluding hydrogens is 312 g/mol. The van der Waals surface area contributed by atoms with Crippen molar-refractivity contribution in [1.82, 2.24) is 4.90 Å². The summed E-state index contributed by atoms with van der Waals surface area (Å²) in [6.45, 7) is 0.774. The highest BCUT2D eigenvalue weighted by Gasteiger charge is 2.29. The SMILES string of the molecule is COc1cc(OC)c(NC2CCN(C)C2=O)cc1Br. The van der Waals surface area contributed by atoms with E-state index in [1.54, 1.807) is 25.2 Å². The molecular formula is C13H17BrN2O3. The Kier molecular flexibility index (Phi) is 4.19. The fourth-order valence-electron chi connectivity index (χ4n) is 2.12. The topological polar surface area (TPSA) is 50.8 Å². The summed E-state index contributed by atoms with van der Waals surface area (Å²) in [5.41, 5.74) is 0.781. The number of carbonyl (C=O) groups is 1. The van der Waals surface area contributed by atoms with Crippen molar-refractivity contribution in [2.45, 2.75) is 12.5 Å². The highest BCUT2D eigenvalue weighted by Crippen LogP contribution is 2.36. The summed E-state index contributed by atoms with van der Waals surface area (Å²) >= 11 is 3.43. The largest absolute Gasteiger partial charge is 0.495 e. The molecule has 104 valence electrons. The van der Waals surface area contributed by atoms with Gasteiger partial charge in [-0.1, -0.05) is 0 Å². The normalized spacial score (nSPS) is 18.6. The lowest BCUT2D eigenvalue weighted by Gasteiger charge is -2.17. The van der Waals surface area contributed by atoms with Crippen LogP contribution in [0.25, 0.3) is 0 Å². The molecule has 0 bridgehead atoms. The second-order valence-electron chi connectivity index (χ2n) is 4.43. The minimum absolute atomic E-state index is 0.106. The first kappa shape index (κ1) is 14.0. The van der Waals surface area contributed by atoms with E-state index in [9.17, 15) is 4.79 Å². The Hall–Kier alpha value is -1.43. The van der Waals surface area contributed by atoms with Crippen LogP contribution < -0.4 is 14.8 Å². The monoisotopic (exact) mass is 328 g/mol. The third kappa shape index (κ3) is 2.78. The molecule has 1 aliphatic heterocycles. The molecule has 2 rings (SSSR count). The van der Waals surface area contributed by atoms with Crippen molar-refractivity contribution in [2.75, 3.05) is 33.1 Å². The summed E-state index contributed by atoms with van der Waals surface area (Å²) in [4.78, 5) is 13.6. The van der Waals surface area contributed by atoms with Crippen LogP contribution in [0.15, 0.2) is 16.6 Å². The van der Waals surface area contributed by atoms with Gasteiger partial charge in [0, 0.05) is 19.7 Å². The molecule has 1 heterocycles. The van der Waals surface area contributed by atoms with Gasteiger partial charge < -0.3 is 19.7 Å². The average Bonchev–Trinajstić information content (AvgIpc) is 2.71. The Bertz CT molecular complexity index is 493. The number of benzene rings is 1. The second-order valence-corrected chi connectivity index (χ2v) is 5.29. The summed E-state index contributed by atoms with van der Waals surface area (Å²) in [6.07, 6.45) is 0.794. The van der Waals surface area contributed by atoms with Gasteiger partial charge in [0.2, 0.25) is 5.91 Å². The molecule has 0 spiro atoms. The van der Waals surface area contributed by atoms with E-state index in [2.05, 4.69) is 21.2 Å². The molecule has 1 aromatic carbocycles. The van der Waals surface area contributed by atoms with Crippen LogP contribution in [0.1, 0.15) is 6.42 Å². The average molecular weight is 329 g/mol. The maximum atomic E-state index is 11.9. The third-order valence-corrected chi connectivity index (χ3v) is 3.85. The molecule has 1 amide bonds. The van der Waals surface area contributed by atoms with E-state index >= 15 is 0 Å². The van der Waals surface area contributed by atoms with Crippen molar-refractivity contribution in [3.05, 3.63) is 16.6 Å². The maximum absolute atomic E-state index is 11.9. The fourth-order valence-corrected chi connectivity index (χ4v) is 2.62. The number of carbonyl (C=O) groups excluding carboxylic acids is 1. The zero-order valence-electron chi connectivity index (χ0n) is 11.2. The van der Waals surface area contributed by atoms with E-state index in [4.69, 9.17) is 9.47 Å². The van der Waals surface area contributed by atoms with Crippen LogP contribution in [0.3, 0.4) is 0 Å². The number of nitrogens with zero attached hydrogens (tertiary/aromatic N) is 1. The van der Waals surface area contributed by atoms with Crippen LogP contribution in [0, 0.1) is 0 Å². The Balaban J connectivity index is 2.25. The summed E-state index contributed by atoms with van der Waals surface area (Å²) in [7, 11) is 5.00. The Morgan fingerprint density at radius 2 is 2.00 bits per heavy atom. The predicted octanol–water partition coefficient (Wildman–Crippen LogP) is 2.11. The number of likely N-dealkylation sites (N-methyl/N-ethyl adjacent to an activating group) is 1. The predicted molar refractivity (Wildman–Crippen MR) is 76.9 cm³/mol. The van der Waals surface area contributed by atoms with Crippen molar-refractivity contribution in [1.29, 1.82) is 0 Å². The molecule has 1 N–H and O–H groups in total. The number of likely N-dealkylation sites (tertiary alicyclic amines) is 1. The van der Waals surface area contributed by atoms with Crippen molar-refractivity contribution in [3.8, 4) is 11.5 Å². The summed E-state index contributed by atoms with van der Waals surface area (Å²) in [5.74, 6) is 1.45. The number of nitrogens with one attached hydrogen (secondary N) is 1. The van der Waals surface area contributed by atoms with Crippen LogP contribution in [-0.4, -0.2) is 44.7 Å². The Morgan fingerprint density at radius 1 is 1.32 bits per heavy atom. The van der Waals surface area contributed by atoms with Gasteiger partial charge in [-0.3, -0.25) is 4.79 Å². The number of methoxy groups -OCH3 is 2.